The maximum Gasteiger partial charge on any atom is 0.0412 e. The zero-order chi connectivity index (χ0) is 10.9. The quantitative estimate of drug-likeness (QED) is 0.783. The maximum atomic E-state index is 6.52. The second-order valence-electron chi connectivity index (χ2n) is 5.04. The minimum Gasteiger partial charge on any atom is -0.321 e. The van der Waals surface area contributed by atoms with Gasteiger partial charge in [0.15, 0.2) is 0 Å². The van der Waals surface area contributed by atoms with E-state index in [1.54, 1.807) is 0 Å². The van der Waals surface area contributed by atoms with Crippen LogP contribution in [0.2, 0.25) is 0 Å². The van der Waals surface area contributed by atoms with E-state index < -0.39 is 0 Å². The molecule has 1 aliphatic rings. The second-order valence-corrected chi connectivity index (χ2v) is 5.04. The van der Waals surface area contributed by atoms with Crippen molar-refractivity contribution >= 4 is 0 Å². The Labute approximate surface area is 92.7 Å². The Morgan fingerprint density at radius 2 is 2.27 bits per heavy atom. The molecular formula is C14H21N. The van der Waals surface area contributed by atoms with Crippen LogP contribution in [-0.2, 0) is 5.54 Å². The molecule has 0 heterocycles. The summed E-state index contributed by atoms with van der Waals surface area (Å²) in [4.78, 5) is 0. The molecule has 0 spiro atoms. The summed E-state index contributed by atoms with van der Waals surface area (Å²) in [5, 5.41) is 0. The van der Waals surface area contributed by atoms with Crippen LogP contribution in [0.25, 0.3) is 0 Å². The summed E-state index contributed by atoms with van der Waals surface area (Å²) in [5.41, 5.74) is 9.12. The van der Waals surface area contributed by atoms with Crippen LogP contribution in [0.15, 0.2) is 24.3 Å². The van der Waals surface area contributed by atoms with Gasteiger partial charge in [0.05, 0.1) is 0 Å². The van der Waals surface area contributed by atoms with Crippen LogP contribution in [-0.4, -0.2) is 0 Å². The average molecular weight is 203 g/mol. The Bertz CT molecular complexity index is 345. The molecule has 2 atom stereocenters. The Balaban J connectivity index is 2.23. The average Bonchev–Trinajstić information content (AvgIpc) is 2.62. The zero-order valence-electron chi connectivity index (χ0n) is 9.79. The predicted octanol–water partition coefficient (Wildman–Crippen LogP) is 3.36. The first-order valence-electron chi connectivity index (χ1n) is 6.00. The van der Waals surface area contributed by atoms with Crippen molar-refractivity contribution in [2.24, 2.45) is 11.7 Å². The van der Waals surface area contributed by atoms with Crippen molar-refractivity contribution in [2.45, 2.75) is 45.1 Å². The molecule has 2 N–H and O–H groups in total. The lowest BCUT2D eigenvalue weighted by molar-refractivity contribution is 0.424. The van der Waals surface area contributed by atoms with Gasteiger partial charge in [-0.15, -0.1) is 0 Å². The third-order valence-electron chi connectivity index (χ3n) is 3.82. The first-order chi connectivity index (χ1) is 7.14. The standard InChI is InChI=1S/C14H21N/c1-3-12-7-8-14(15,10-12)13-6-4-5-11(2)9-13/h4-6,9,12H,3,7-8,10,15H2,1-2H3. The van der Waals surface area contributed by atoms with Gasteiger partial charge in [0.2, 0.25) is 0 Å². The van der Waals surface area contributed by atoms with Crippen LogP contribution < -0.4 is 5.73 Å². The van der Waals surface area contributed by atoms with Crippen LogP contribution >= 0.6 is 0 Å². The fraction of sp³-hybridized carbons (Fsp3) is 0.571. The molecule has 1 aromatic rings. The van der Waals surface area contributed by atoms with Gasteiger partial charge in [-0.2, -0.15) is 0 Å². The molecule has 0 aromatic heterocycles. The van der Waals surface area contributed by atoms with Gasteiger partial charge in [0.1, 0.15) is 0 Å². The van der Waals surface area contributed by atoms with Crippen molar-refractivity contribution in [3.63, 3.8) is 0 Å². The highest BCUT2D eigenvalue weighted by atomic mass is 14.8. The van der Waals surface area contributed by atoms with Crippen molar-refractivity contribution in [3.05, 3.63) is 35.4 Å². The molecule has 2 unspecified atom stereocenters. The third-order valence-corrected chi connectivity index (χ3v) is 3.82. The fourth-order valence-corrected chi connectivity index (χ4v) is 2.75. The highest BCUT2D eigenvalue weighted by Gasteiger charge is 2.36. The molecule has 1 nitrogen and oxygen atoms in total. The summed E-state index contributed by atoms with van der Waals surface area (Å²) in [7, 11) is 0. The number of rotatable bonds is 2. The molecule has 0 saturated heterocycles. The van der Waals surface area contributed by atoms with E-state index in [4.69, 9.17) is 5.73 Å². The SMILES string of the molecule is CCC1CCC(N)(c2cccc(C)c2)C1. The van der Waals surface area contributed by atoms with Gasteiger partial charge in [-0.1, -0.05) is 43.2 Å². The molecule has 1 heteroatoms. The van der Waals surface area contributed by atoms with E-state index in [2.05, 4.69) is 38.1 Å². The molecule has 1 aliphatic carbocycles. The minimum atomic E-state index is -0.0489. The van der Waals surface area contributed by atoms with E-state index in [0.717, 1.165) is 18.8 Å². The Morgan fingerprint density at radius 1 is 1.47 bits per heavy atom. The number of hydrogen-bond donors (Lipinski definition) is 1. The number of aryl methyl sites for hydroxylation is 1. The van der Waals surface area contributed by atoms with E-state index in [9.17, 15) is 0 Å². The van der Waals surface area contributed by atoms with Crippen molar-refractivity contribution in [1.29, 1.82) is 0 Å². The van der Waals surface area contributed by atoms with Crippen LogP contribution in [0.5, 0.6) is 0 Å². The topological polar surface area (TPSA) is 26.0 Å². The van der Waals surface area contributed by atoms with Crippen LogP contribution in [0, 0.1) is 12.8 Å². The number of nitrogens with two attached hydrogens (primary N) is 1. The van der Waals surface area contributed by atoms with Gasteiger partial charge in [-0.25, -0.2) is 0 Å². The van der Waals surface area contributed by atoms with Crippen LogP contribution in [0.4, 0.5) is 0 Å². The van der Waals surface area contributed by atoms with E-state index in [1.165, 1.54) is 24.0 Å². The summed E-state index contributed by atoms with van der Waals surface area (Å²) in [6.07, 6.45) is 4.87. The molecular weight excluding hydrogens is 182 g/mol. The Hall–Kier alpha value is -0.820. The minimum absolute atomic E-state index is 0.0489. The largest absolute Gasteiger partial charge is 0.321 e. The lowest BCUT2D eigenvalue weighted by Gasteiger charge is -2.25. The number of hydrogen-bond acceptors (Lipinski definition) is 1. The molecule has 15 heavy (non-hydrogen) atoms. The second kappa shape index (κ2) is 3.97. The predicted molar refractivity (Wildman–Crippen MR) is 64.7 cm³/mol. The van der Waals surface area contributed by atoms with E-state index in [1.807, 2.05) is 0 Å². The first kappa shape index (κ1) is 10.7. The van der Waals surface area contributed by atoms with Gasteiger partial charge in [0.25, 0.3) is 0 Å². The van der Waals surface area contributed by atoms with Crippen molar-refractivity contribution in [2.75, 3.05) is 0 Å². The molecule has 1 saturated carbocycles. The summed E-state index contributed by atoms with van der Waals surface area (Å²) in [6.45, 7) is 4.41. The van der Waals surface area contributed by atoms with Gasteiger partial charge in [0, 0.05) is 5.54 Å². The Kier molecular flexibility index (Phi) is 2.83. The van der Waals surface area contributed by atoms with Crippen molar-refractivity contribution in [1.82, 2.24) is 0 Å². The fourth-order valence-electron chi connectivity index (χ4n) is 2.75. The Morgan fingerprint density at radius 3 is 2.87 bits per heavy atom. The lowest BCUT2D eigenvalue weighted by atomic mass is 9.87. The zero-order valence-corrected chi connectivity index (χ0v) is 9.79. The summed E-state index contributed by atoms with van der Waals surface area (Å²) >= 11 is 0. The highest BCUT2D eigenvalue weighted by molar-refractivity contribution is 5.29. The summed E-state index contributed by atoms with van der Waals surface area (Å²) in [6, 6.07) is 8.70. The van der Waals surface area contributed by atoms with Crippen LogP contribution in [0.1, 0.15) is 43.7 Å². The maximum absolute atomic E-state index is 6.52. The molecule has 1 fully saturated rings. The van der Waals surface area contributed by atoms with Gasteiger partial charge in [-0.05, 0) is 37.7 Å². The highest BCUT2D eigenvalue weighted by Crippen LogP contribution is 2.41. The van der Waals surface area contributed by atoms with Crippen LogP contribution in [0.3, 0.4) is 0 Å². The number of benzene rings is 1. The van der Waals surface area contributed by atoms with E-state index in [0.29, 0.717) is 0 Å². The molecule has 82 valence electrons. The van der Waals surface area contributed by atoms with E-state index in [-0.39, 0.29) is 5.54 Å². The lowest BCUT2D eigenvalue weighted by Crippen LogP contribution is -2.33. The van der Waals surface area contributed by atoms with Gasteiger partial charge >= 0.3 is 0 Å². The van der Waals surface area contributed by atoms with Crippen molar-refractivity contribution in [3.8, 4) is 0 Å². The monoisotopic (exact) mass is 203 g/mol. The van der Waals surface area contributed by atoms with E-state index >= 15 is 0 Å². The van der Waals surface area contributed by atoms with Gasteiger partial charge < -0.3 is 5.73 Å². The molecule has 0 aliphatic heterocycles. The smallest absolute Gasteiger partial charge is 0.0412 e. The molecule has 0 bridgehead atoms. The molecule has 1 aromatic carbocycles. The molecule has 0 amide bonds. The normalized spacial score (nSPS) is 30.7. The van der Waals surface area contributed by atoms with Crippen molar-refractivity contribution < 1.29 is 0 Å². The third kappa shape index (κ3) is 2.07. The summed E-state index contributed by atoms with van der Waals surface area (Å²) in [5.74, 6) is 0.829. The molecule has 0 radical (unpaired) electrons. The van der Waals surface area contributed by atoms with Gasteiger partial charge in [-0.3, -0.25) is 0 Å². The summed E-state index contributed by atoms with van der Waals surface area (Å²) < 4.78 is 0. The first-order valence-corrected chi connectivity index (χ1v) is 6.00. The molecule has 2 rings (SSSR count).